The Morgan fingerprint density at radius 3 is 2.96 bits per heavy atom. The molecule has 1 aromatic carbocycles. The van der Waals surface area contributed by atoms with Crippen molar-refractivity contribution in [3.8, 4) is 0 Å². The minimum absolute atomic E-state index is 0.136. The highest BCUT2D eigenvalue weighted by molar-refractivity contribution is 8.00. The van der Waals surface area contributed by atoms with E-state index in [4.69, 9.17) is 0 Å². The van der Waals surface area contributed by atoms with Gasteiger partial charge in [-0.1, -0.05) is 18.2 Å². The maximum Gasteiger partial charge on any atom is 0.251 e. The number of aryl methyl sites for hydroxylation is 1. The molecule has 0 fully saturated rings. The third kappa shape index (κ3) is 2.97. The Morgan fingerprint density at radius 2 is 2.16 bits per heavy atom. The highest BCUT2D eigenvalue weighted by Crippen LogP contribution is 2.28. The van der Waals surface area contributed by atoms with Crippen LogP contribution >= 0.6 is 0 Å². The monoisotopic (exact) mass is 358 g/mol. The summed E-state index contributed by atoms with van der Waals surface area (Å²) in [7, 11) is -3.23. The van der Waals surface area contributed by atoms with Crippen LogP contribution in [0.4, 0.5) is 0 Å². The second kappa shape index (κ2) is 6.11. The molecule has 1 amide bonds. The number of carbonyl (C=O) groups excluding carboxylic acids is 1. The fourth-order valence-corrected chi connectivity index (χ4v) is 4.80. The molecule has 0 atom stereocenters. The van der Waals surface area contributed by atoms with Gasteiger partial charge in [-0.15, -0.1) is 10.2 Å². The lowest BCUT2D eigenvalue weighted by Gasteiger charge is -2.08. The number of allylic oxidation sites excluding steroid dienone is 1. The largest absolute Gasteiger partial charge is 0.345 e. The number of benzene rings is 1. The van der Waals surface area contributed by atoms with Gasteiger partial charge < -0.3 is 9.88 Å². The molecular weight excluding hydrogens is 340 g/mol. The minimum Gasteiger partial charge on any atom is -0.345 e. The van der Waals surface area contributed by atoms with Crippen molar-refractivity contribution >= 4 is 20.6 Å². The van der Waals surface area contributed by atoms with Crippen LogP contribution < -0.4 is 5.32 Å². The minimum atomic E-state index is -3.23. The number of sulfone groups is 1. The Balaban J connectivity index is 1.50. The van der Waals surface area contributed by atoms with Gasteiger partial charge in [0, 0.05) is 18.5 Å². The summed E-state index contributed by atoms with van der Waals surface area (Å²) in [5.41, 5.74) is 0.996. The molecular formula is C17H18N4O3S. The number of rotatable bonds is 4. The number of nitrogens with zero attached hydrogens (tertiary/aromatic N) is 3. The van der Waals surface area contributed by atoms with E-state index >= 15 is 0 Å². The average Bonchev–Trinajstić information content (AvgIpc) is 3.28. The van der Waals surface area contributed by atoms with Gasteiger partial charge in [0.25, 0.3) is 5.91 Å². The lowest BCUT2D eigenvalue weighted by Crippen LogP contribution is -2.24. The zero-order valence-corrected chi connectivity index (χ0v) is 14.4. The lowest BCUT2D eigenvalue weighted by atomic mass is 10.1. The van der Waals surface area contributed by atoms with Gasteiger partial charge in [0.2, 0.25) is 0 Å². The number of aromatic nitrogens is 3. The molecule has 130 valence electrons. The molecule has 0 saturated heterocycles. The van der Waals surface area contributed by atoms with Crippen molar-refractivity contribution in [3.05, 3.63) is 53.1 Å². The van der Waals surface area contributed by atoms with Crippen molar-refractivity contribution in [1.82, 2.24) is 20.1 Å². The Kier molecular flexibility index (Phi) is 3.91. The number of hydrogen-bond acceptors (Lipinski definition) is 5. The molecule has 0 unspecified atom stereocenters. The van der Waals surface area contributed by atoms with Crippen molar-refractivity contribution in [2.75, 3.05) is 5.75 Å². The summed E-state index contributed by atoms with van der Waals surface area (Å²) in [4.78, 5) is 12.7. The van der Waals surface area contributed by atoms with E-state index in [1.165, 1.54) is 0 Å². The van der Waals surface area contributed by atoms with Crippen LogP contribution in [0.15, 0.2) is 30.3 Å². The first-order valence-corrected chi connectivity index (χ1v) is 9.92. The van der Waals surface area contributed by atoms with Crippen LogP contribution in [0, 0.1) is 0 Å². The molecule has 1 N–H and O–H groups in total. The number of amides is 1. The molecule has 3 heterocycles. The second-order valence-electron chi connectivity index (χ2n) is 6.23. The molecule has 0 spiro atoms. The Hall–Kier alpha value is -2.48. The maximum absolute atomic E-state index is 12.4. The van der Waals surface area contributed by atoms with E-state index in [1.54, 1.807) is 30.3 Å². The van der Waals surface area contributed by atoms with Crippen LogP contribution in [0.3, 0.4) is 0 Å². The smallest absolute Gasteiger partial charge is 0.251 e. The van der Waals surface area contributed by atoms with Gasteiger partial charge in [0.15, 0.2) is 15.7 Å². The second-order valence-corrected chi connectivity index (χ2v) is 8.30. The molecule has 2 aromatic rings. The quantitative estimate of drug-likeness (QED) is 0.889. The SMILES string of the molecule is O=C(NCc1nnc2n1CCC2)c1cccc(C2=CCCS2(=O)=O)c1. The zero-order valence-electron chi connectivity index (χ0n) is 13.6. The third-order valence-electron chi connectivity index (χ3n) is 4.55. The van der Waals surface area contributed by atoms with E-state index in [2.05, 4.69) is 15.5 Å². The molecule has 7 nitrogen and oxygen atoms in total. The van der Waals surface area contributed by atoms with Crippen LogP contribution in [0.1, 0.15) is 40.4 Å². The summed E-state index contributed by atoms with van der Waals surface area (Å²) < 4.78 is 26.1. The van der Waals surface area contributed by atoms with Gasteiger partial charge in [-0.25, -0.2) is 8.42 Å². The summed E-state index contributed by atoms with van der Waals surface area (Å²) in [6.45, 7) is 1.19. The van der Waals surface area contributed by atoms with E-state index in [0.29, 0.717) is 29.0 Å². The van der Waals surface area contributed by atoms with Crippen molar-refractivity contribution in [3.63, 3.8) is 0 Å². The van der Waals surface area contributed by atoms with Crippen LogP contribution in [0.2, 0.25) is 0 Å². The maximum atomic E-state index is 12.4. The number of nitrogens with one attached hydrogen (secondary N) is 1. The van der Waals surface area contributed by atoms with Crippen LogP contribution in [0.25, 0.3) is 4.91 Å². The highest BCUT2D eigenvalue weighted by Gasteiger charge is 2.24. The van der Waals surface area contributed by atoms with Crippen LogP contribution in [-0.4, -0.2) is 34.8 Å². The van der Waals surface area contributed by atoms with Gasteiger partial charge in [-0.05, 0) is 30.5 Å². The van der Waals surface area contributed by atoms with Crippen molar-refractivity contribution in [2.24, 2.45) is 0 Å². The fourth-order valence-electron chi connectivity index (χ4n) is 3.30. The van der Waals surface area contributed by atoms with E-state index in [0.717, 1.165) is 31.0 Å². The summed E-state index contributed by atoms with van der Waals surface area (Å²) in [5, 5.41) is 11.1. The highest BCUT2D eigenvalue weighted by atomic mass is 32.2. The van der Waals surface area contributed by atoms with E-state index in [-0.39, 0.29) is 11.7 Å². The summed E-state index contributed by atoms with van der Waals surface area (Å²) in [6, 6.07) is 6.72. The van der Waals surface area contributed by atoms with Gasteiger partial charge in [0.1, 0.15) is 5.82 Å². The molecule has 1 aromatic heterocycles. The van der Waals surface area contributed by atoms with Crippen molar-refractivity contribution in [1.29, 1.82) is 0 Å². The topological polar surface area (TPSA) is 93.9 Å². The Bertz CT molecular complexity index is 976. The Labute approximate surface area is 145 Å². The fraction of sp³-hybridized carbons (Fsp3) is 0.353. The first kappa shape index (κ1) is 16.0. The molecule has 0 saturated carbocycles. The molecule has 0 radical (unpaired) electrons. The summed E-state index contributed by atoms with van der Waals surface area (Å²) in [5.74, 6) is 1.59. The molecule has 4 rings (SSSR count). The Morgan fingerprint density at radius 1 is 1.28 bits per heavy atom. The van der Waals surface area contributed by atoms with E-state index in [9.17, 15) is 13.2 Å². The van der Waals surface area contributed by atoms with Gasteiger partial charge in [-0.3, -0.25) is 4.79 Å². The molecule has 0 aliphatic carbocycles. The molecule has 0 bridgehead atoms. The molecule has 2 aliphatic rings. The van der Waals surface area contributed by atoms with Crippen LogP contribution in [0.5, 0.6) is 0 Å². The van der Waals surface area contributed by atoms with E-state index in [1.807, 2.05) is 4.57 Å². The standard InChI is InChI=1S/C17H18N4O3S/c22-17(18-11-16-20-19-15-7-2-8-21(15)16)13-5-1-4-12(10-13)14-6-3-9-25(14,23)24/h1,4-6,10H,2-3,7-9,11H2,(H,18,22). The van der Waals surface area contributed by atoms with Crippen molar-refractivity contribution in [2.45, 2.75) is 32.4 Å². The summed E-state index contributed by atoms with van der Waals surface area (Å²) >= 11 is 0. The number of fused-ring (bicyclic) bond motifs is 1. The van der Waals surface area contributed by atoms with Gasteiger partial charge in [-0.2, -0.15) is 0 Å². The first-order valence-electron chi connectivity index (χ1n) is 8.27. The number of carbonyl (C=O) groups is 1. The number of hydrogen-bond donors (Lipinski definition) is 1. The zero-order chi connectivity index (χ0) is 17.4. The predicted octanol–water partition coefficient (Wildman–Crippen LogP) is 1.31. The molecule has 25 heavy (non-hydrogen) atoms. The molecule has 8 heteroatoms. The summed E-state index contributed by atoms with van der Waals surface area (Å²) in [6.07, 6.45) is 4.21. The normalized spacial score (nSPS) is 18.0. The average molecular weight is 358 g/mol. The van der Waals surface area contributed by atoms with Crippen LogP contribution in [-0.2, 0) is 29.3 Å². The molecule has 2 aliphatic heterocycles. The van der Waals surface area contributed by atoms with Gasteiger partial charge in [0.05, 0.1) is 17.2 Å². The first-order chi connectivity index (χ1) is 12.0. The van der Waals surface area contributed by atoms with E-state index < -0.39 is 9.84 Å². The predicted molar refractivity (Wildman–Crippen MR) is 92.3 cm³/mol. The third-order valence-corrected chi connectivity index (χ3v) is 6.40. The lowest BCUT2D eigenvalue weighted by molar-refractivity contribution is 0.0949. The van der Waals surface area contributed by atoms with Gasteiger partial charge >= 0.3 is 0 Å². The van der Waals surface area contributed by atoms with Crippen molar-refractivity contribution < 1.29 is 13.2 Å².